The highest BCUT2D eigenvalue weighted by atomic mass is 32.2. The summed E-state index contributed by atoms with van der Waals surface area (Å²) in [5.41, 5.74) is 1.29. The molecule has 1 aromatic carbocycles. The van der Waals surface area contributed by atoms with Crippen LogP contribution in [-0.4, -0.2) is 23.2 Å². The van der Waals surface area contributed by atoms with Crippen LogP contribution in [-0.2, 0) is 5.75 Å². The molecule has 1 fully saturated rings. The van der Waals surface area contributed by atoms with E-state index in [1.807, 2.05) is 0 Å². The van der Waals surface area contributed by atoms with E-state index in [0.717, 1.165) is 37.0 Å². The van der Waals surface area contributed by atoms with Crippen molar-refractivity contribution in [1.82, 2.24) is 15.5 Å². The van der Waals surface area contributed by atoms with Crippen LogP contribution in [0.5, 0.6) is 0 Å². The van der Waals surface area contributed by atoms with Crippen molar-refractivity contribution in [3.8, 4) is 0 Å². The van der Waals surface area contributed by atoms with Crippen LogP contribution in [0.4, 0.5) is 0 Å². The number of thioether (sulfide) groups is 1. The Bertz CT molecular complexity index is 564. The summed E-state index contributed by atoms with van der Waals surface area (Å²) in [6.45, 7) is 4.17. The van der Waals surface area contributed by atoms with Crippen LogP contribution in [0, 0.1) is 6.92 Å². The van der Waals surface area contributed by atoms with Crippen LogP contribution in [0.15, 0.2) is 33.7 Å². The molecule has 1 atom stereocenters. The summed E-state index contributed by atoms with van der Waals surface area (Å²) in [5.74, 6) is 2.72. The van der Waals surface area contributed by atoms with Gasteiger partial charge in [-0.05, 0) is 37.9 Å². The molecular weight excluding hydrogens is 270 g/mol. The Morgan fingerprint density at radius 1 is 1.40 bits per heavy atom. The number of hydrogen-bond donors (Lipinski definition) is 1. The average Bonchev–Trinajstić information content (AvgIpc) is 2.96. The topological polar surface area (TPSA) is 51.0 Å². The summed E-state index contributed by atoms with van der Waals surface area (Å²) < 4.78 is 5.41. The summed E-state index contributed by atoms with van der Waals surface area (Å²) in [4.78, 5) is 5.82. The zero-order chi connectivity index (χ0) is 13.8. The van der Waals surface area contributed by atoms with Crippen LogP contribution in [0.1, 0.15) is 36.0 Å². The van der Waals surface area contributed by atoms with Crippen molar-refractivity contribution in [1.29, 1.82) is 0 Å². The molecule has 0 bridgehead atoms. The number of nitrogens with one attached hydrogen (secondary N) is 1. The predicted octanol–water partition coefficient (Wildman–Crippen LogP) is 3.14. The molecule has 1 aliphatic heterocycles. The predicted molar refractivity (Wildman–Crippen MR) is 79.9 cm³/mol. The van der Waals surface area contributed by atoms with Crippen molar-refractivity contribution in [3.05, 3.63) is 41.5 Å². The van der Waals surface area contributed by atoms with Gasteiger partial charge in [-0.15, -0.1) is 11.8 Å². The minimum Gasteiger partial charge on any atom is -0.339 e. The van der Waals surface area contributed by atoms with Gasteiger partial charge in [0.25, 0.3) is 0 Å². The fraction of sp³-hybridized carbons (Fsp3) is 0.467. The van der Waals surface area contributed by atoms with Gasteiger partial charge < -0.3 is 9.84 Å². The largest absolute Gasteiger partial charge is 0.339 e. The van der Waals surface area contributed by atoms with Crippen molar-refractivity contribution in [2.45, 2.75) is 36.3 Å². The highest BCUT2D eigenvalue weighted by molar-refractivity contribution is 7.98. The Kier molecular flexibility index (Phi) is 4.38. The molecule has 0 unspecified atom stereocenters. The van der Waals surface area contributed by atoms with Crippen LogP contribution >= 0.6 is 11.8 Å². The third-order valence-corrected chi connectivity index (χ3v) is 4.75. The van der Waals surface area contributed by atoms with E-state index in [1.165, 1.54) is 16.9 Å². The maximum atomic E-state index is 5.41. The first-order chi connectivity index (χ1) is 9.83. The minimum absolute atomic E-state index is 0.383. The molecule has 3 rings (SSSR count). The summed E-state index contributed by atoms with van der Waals surface area (Å²) in [7, 11) is 0. The lowest BCUT2D eigenvalue weighted by atomic mass is 10.00. The molecule has 2 aromatic rings. The third kappa shape index (κ3) is 3.22. The molecule has 0 saturated carbocycles. The molecule has 4 nitrogen and oxygen atoms in total. The smallest absolute Gasteiger partial charge is 0.231 e. The summed E-state index contributed by atoms with van der Waals surface area (Å²) in [6, 6.07) is 8.37. The van der Waals surface area contributed by atoms with E-state index in [0.29, 0.717) is 5.92 Å². The molecule has 2 heterocycles. The molecule has 0 spiro atoms. The van der Waals surface area contributed by atoms with Crippen molar-refractivity contribution in [2.24, 2.45) is 0 Å². The van der Waals surface area contributed by atoms with Gasteiger partial charge in [0.15, 0.2) is 5.82 Å². The number of hydrogen-bond acceptors (Lipinski definition) is 5. The average molecular weight is 289 g/mol. The van der Waals surface area contributed by atoms with Crippen molar-refractivity contribution in [3.63, 3.8) is 0 Å². The second-order valence-corrected chi connectivity index (χ2v) is 6.16. The molecule has 1 aliphatic rings. The number of nitrogens with zero attached hydrogens (tertiary/aromatic N) is 2. The van der Waals surface area contributed by atoms with E-state index in [9.17, 15) is 0 Å². The van der Waals surface area contributed by atoms with Gasteiger partial charge >= 0.3 is 0 Å². The number of rotatable bonds is 4. The van der Waals surface area contributed by atoms with Crippen LogP contribution in [0.3, 0.4) is 0 Å². The lowest BCUT2D eigenvalue weighted by molar-refractivity contribution is 0.320. The zero-order valence-corrected chi connectivity index (χ0v) is 12.4. The molecule has 0 aliphatic carbocycles. The van der Waals surface area contributed by atoms with E-state index in [-0.39, 0.29) is 0 Å². The van der Waals surface area contributed by atoms with Gasteiger partial charge in [0, 0.05) is 11.4 Å². The Morgan fingerprint density at radius 2 is 2.30 bits per heavy atom. The Balaban J connectivity index is 1.61. The Morgan fingerprint density at radius 3 is 3.10 bits per heavy atom. The Labute approximate surface area is 123 Å². The van der Waals surface area contributed by atoms with Gasteiger partial charge in [0.2, 0.25) is 5.89 Å². The molecule has 1 saturated heterocycles. The first-order valence-corrected chi connectivity index (χ1v) is 8.03. The maximum absolute atomic E-state index is 5.41. The lowest BCUT2D eigenvalue weighted by Gasteiger charge is -2.18. The molecule has 0 amide bonds. The molecule has 1 N–H and O–H groups in total. The van der Waals surface area contributed by atoms with Crippen LogP contribution < -0.4 is 5.32 Å². The second kappa shape index (κ2) is 6.41. The summed E-state index contributed by atoms with van der Waals surface area (Å²) in [6.07, 6.45) is 2.32. The van der Waals surface area contributed by atoms with Crippen LogP contribution in [0.2, 0.25) is 0 Å². The van der Waals surface area contributed by atoms with E-state index in [4.69, 9.17) is 4.52 Å². The monoisotopic (exact) mass is 289 g/mol. The first kappa shape index (κ1) is 13.6. The molecule has 20 heavy (non-hydrogen) atoms. The van der Waals surface area contributed by atoms with Crippen molar-refractivity contribution >= 4 is 11.8 Å². The van der Waals surface area contributed by atoms with Gasteiger partial charge in [0.1, 0.15) is 0 Å². The van der Waals surface area contributed by atoms with Crippen LogP contribution in [0.25, 0.3) is 0 Å². The third-order valence-electron chi connectivity index (χ3n) is 3.58. The summed E-state index contributed by atoms with van der Waals surface area (Å²) in [5, 5.41) is 7.48. The van der Waals surface area contributed by atoms with Gasteiger partial charge in [-0.2, -0.15) is 4.98 Å². The summed E-state index contributed by atoms with van der Waals surface area (Å²) >= 11 is 1.76. The highest BCUT2D eigenvalue weighted by Gasteiger charge is 2.21. The zero-order valence-electron chi connectivity index (χ0n) is 11.6. The second-order valence-electron chi connectivity index (χ2n) is 5.15. The SMILES string of the molecule is Cc1ccccc1SCc1noc([C@@H]2CCCNC2)n1. The number of benzene rings is 1. The molecule has 106 valence electrons. The lowest BCUT2D eigenvalue weighted by Crippen LogP contribution is -2.28. The molecule has 5 heteroatoms. The maximum Gasteiger partial charge on any atom is 0.231 e. The van der Waals surface area contributed by atoms with Crippen molar-refractivity contribution in [2.75, 3.05) is 13.1 Å². The number of aromatic nitrogens is 2. The highest BCUT2D eigenvalue weighted by Crippen LogP contribution is 2.26. The number of aryl methyl sites for hydroxylation is 1. The number of piperidine rings is 1. The van der Waals surface area contributed by atoms with E-state index in [2.05, 4.69) is 46.6 Å². The van der Waals surface area contributed by atoms with Gasteiger partial charge in [-0.1, -0.05) is 23.4 Å². The van der Waals surface area contributed by atoms with E-state index >= 15 is 0 Å². The van der Waals surface area contributed by atoms with Gasteiger partial charge in [-0.3, -0.25) is 0 Å². The van der Waals surface area contributed by atoms with E-state index in [1.54, 1.807) is 11.8 Å². The molecule has 1 aromatic heterocycles. The van der Waals surface area contributed by atoms with Gasteiger partial charge in [0.05, 0.1) is 11.7 Å². The molecular formula is C15H19N3OS. The van der Waals surface area contributed by atoms with Crippen molar-refractivity contribution < 1.29 is 4.52 Å². The first-order valence-electron chi connectivity index (χ1n) is 7.04. The quantitative estimate of drug-likeness (QED) is 0.876. The van der Waals surface area contributed by atoms with E-state index < -0.39 is 0 Å². The van der Waals surface area contributed by atoms with Gasteiger partial charge in [-0.25, -0.2) is 0 Å². The minimum atomic E-state index is 0.383. The standard InChI is InChI=1S/C15H19N3OS/c1-11-5-2-3-7-13(11)20-10-14-17-15(19-18-14)12-6-4-8-16-9-12/h2-3,5,7,12,16H,4,6,8-10H2,1H3/t12-/m1/s1. The molecule has 0 radical (unpaired) electrons. The fourth-order valence-electron chi connectivity index (χ4n) is 2.42. The normalized spacial score (nSPS) is 19.1. The fourth-order valence-corrected chi connectivity index (χ4v) is 3.29. The Hall–Kier alpha value is -1.33.